The lowest BCUT2D eigenvalue weighted by Crippen LogP contribution is -2.33. The number of hydrogen-bond donors (Lipinski definition) is 2. The SMILES string of the molecule is COc1ccc(/C=C(/NC(=O)c2ccccc2)C(=O)N/N=C(/C)c2cccc([N+](=O)[O-])c2)c(OC)c1. The summed E-state index contributed by atoms with van der Waals surface area (Å²) in [6, 6.07) is 19.3. The molecule has 0 aliphatic heterocycles. The molecule has 3 aromatic rings. The van der Waals surface area contributed by atoms with Gasteiger partial charge in [-0.25, -0.2) is 5.43 Å². The standard InChI is InChI=1S/C26H24N4O6/c1-17(19-10-7-11-21(14-19)30(33)34)28-29-26(32)23(27-25(31)18-8-5-4-6-9-18)15-20-12-13-22(35-2)16-24(20)36-3/h4-16H,1-3H3,(H,27,31)(H,29,32)/b23-15+,28-17-. The predicted octanol–water partition coefficient (Wildman–Crippen LogP) is 3.92. The van der Waals surface area contributed by atoms with E-state index in [1.54, 1.807) is 61.5 Å². The molecule has 0 atom stereocenters. The second kappa shape index (κ2) is 11.9. The van der Waals surface area contributed by atoms with Crippen molar-refractivity contribution in [2.75, 3.05) is 14.2 Å². The highest BCUT2D eigenvalue weighted by atomic mass is 16.6. The Labute approximate surface area is 207 Å². The van der Waals surface area contributed by atoms with Gasteiger partial charge in [0.2, 0.25) is 0 Å². The summed E-state index contributed by atoms with van der Waals surface area (Å²) in [6.45, 7) is 1.60. The van der Waals surface area contributed by atoms with Gasteiger partial charge in [-0.05, 0) is 37.3 Å². The maximum Gasteiger partial charge on any atom is 0.287 e. The smallest absolute Gasteiger partial charge is 0.287 e. The van der Waals surface area contributed by atoms with Crippen molar-refractivity contribution in [3.63, 3.8) is 0 Å². The fraction of sp³-hybridized carbons (Fsp3) is 0.115. The number of nitrogens with zero attached hydrogens (tertiary/aromatic N) is 2. The van der Waals surface area contributed by atoms with Gasteiger partial charge >= 0.3 is 0 Å². The van der Waals surface area contributed by atoms with Gasteiger partial charge in [-0.3, -0.25) is 19.7 Å². The molecule has 10 nitrogen and oxygen atoms in total. The fourth-order valence-electron chi connectivity index (χ4n) is 3.14. The molecule has 0 aliphatic rings. The zero-order valence-corrected chi connectivity index (χ0v) is 19.8. The molecule has 36 heavy (non-hydrogen) atoms. The maximum absolute atomic E-state index is 13.1. The van der Waals surface area contributed by atoms with Crippen molar-refractivity contribution >= 4 is 29.3 Å². The first-order valence-electron chi connectivity index (χ1n) is 10.7. The third-order valence-corrected chi connectivity index (χ3v) is 5.07. The minimum absolute atomic E-state index is 0.0945. The minimum Gasteiger partial charge on any atom is -0.497 e. The van der Waals surface area contributed by atoms with Crippen molar-refractivity contribution < 1.29 is 24.0 Å². The lowest BCUT2D eigenvalue weighted by atomic mass is 10.1. The van der Waals surface area contributed by atoms with Crippen LogP contribution in [0, 0.1) is 10.1 Å². The third kappa shape index (κ3) is 6.54. The van der Waals surface area contributed by atoms with E-state index in [1.165, 1.54) is 38.5 Å². The highest BCUT2D eigenvalue weighted by Crippen LogP contribution is 2.26. The summed E-state index contributed by atoms with van der Waals surface area (Å²) >= 11 is 0. The number of carbonyl (C=O) groups excluding carboxylic acids is 2. The molecule has 0 saturated carbocycles. The Bertz CT molecular complexity index is 1340. The number of nitrogens with one attached hydrogen (secondary N) is 2. The van der Waals surface area contributed by atoms with Crippen LogP contribution in [-0.2, 0) is 4.79 Å². The topological polar surface area (TPSA) is 132 Å². The molecule has 2 N–H and O–H groups in total. The van der Waals surface area contributed by atoms with Gasteiger partial charge in [0, 0.05) is 34.9 Å². The van der Waals surface area contributed by atoms with Crippen LogP contribution in [-0.4, -0.2) is 36.7 Å². The number of amides is 2. The van der Waals surface area contributed by atoms with Crippen molar-refractivity contribution in [2.45, 2.75) is 6.92 Å². The van der Waals surface area contributed by atoms with E-state index < -0.39 is 16.7 Å². The number of carbonyl (C=O) groups is 2. The molecule has 3 rings (SSSR count). The van der Waals surface area contributed by atoms with Crippen molar-refractivity contribution in [1.29, 1.82) is 0 Å². The monoisotopic (exact) mass is 488 g/mol. The van der Waals surface area contributed by atoms with Crippen molar-refractivity contribution in [3.05, 3.63) is 105 Å². The van der Waals surface area contributed by atoms with E-state index in [0.717, 1.165) is 0 Å². The Morgan fingerprint density at radius 1 is 0.944 bits per heavy atom. The Hall–Kier alpha value is -4.99. The number of benzene rings is 3. The van der Waals surface area contributed by atoms with E-state index in [2.05, 4.69) is 15.8 Å². The van der Waals surface area contributed by atoms with Crippen LogP contribution in [0.5, 0.6) is 11.5 Å². The normalized spacial score (nSPS) is 11.4. The van der Waals surface area contributed by atoms with Crippen LogP contribution in [0.15, 0.2) is 83.6 Å². The molecule has 0 unspecified atom stereocenters. The molecule has 0 bridgehead atoms. The number of non-ortho nitro benzene ring substituents is 1. The van der Waals surface area contributed by atoms with E-state index in [1.807, 2.05) is 0 Å². The van der Waals surface area contributed by atoms with E-state index in [4.69, 9.17) is 9.47 Å². The first-order chi connectivity index (χ1) is 17.3. The van der Waals surface area contributed by atoms with Crippen LogP contribution in [0.4, 0.5) is 5.69 Å². The summed E-state index contributed by atoms with van der Waals surface area (Å²) in [5, 5.41) is 17.7. The van der Waals surface area contributed by atoms with Crippen LogP contribution in [0.3, 0.4) is 0 Å². The van der Waals surface area contributed by atoms with Gasteiger partial charge in [0.15, 0.2) is 0 Å². The molecule has 0 saturated heterocycles. The Kier molecular flexibility index (Phi) is 8.49. The summed E-state index contributed by atoms with van der Waals surface area (Å²) in [7, 11) is 2.99. The molecule has 0 aliphatic carbocycles. The number of nitro groups is 1. The molecule has 184 valence electrons. The van der Waals surface area contributed by atoms with Crippen LogP contribution in [0.25, 0.3) is 6.08 Å². The van der Waals surface area contributed by atoms with Crippen LogP contribution in [0.1, 0.15) is 28.4 Å². The number of hydrazone groups is 1. The van der Waals surface area contributed by atoms with E-state index >= 15 is 0 Å². The zero-order chi connectivity index (χ0) is 26.1. The van der Waals surface area contributed by atoms with Gasteiger partial charge < -0.3 is 14.8 Å². The van der Waals surface area contributed by atoms with Gasteiger partial charge in [0.1, 0.15) is 17.2 Å². The zero-order valence-electron chi connectivity index (χ0n) is 19.8. The Morgan fingerprint density at radius 3 is 2.33 bits per heavy atom. The average Bonchev–Trinajstić information content (AvgIpc) is 2.91. The number of nitro benzene ring substituents is 1. The van der Waals surface area contributed by atoms with Crippen molar-refractivity contribution in [1.82, 2.24) is 10.7 Å². The van der Waals surface area contributed by atoms with Crippen molar-refractivity contribution in [2.24, 2.45) is 5.10 Å². The van der Waals surface area contributed by atoms with Gasteiger partial charge in [0.25, 0.3) is 17.5 Å². The van der Waals surface area contributed by atoms with Gasteiger partial charge in [-0.15, -0.1) is 0 Å². The first kappa shape index (κ1) is 25.6. The van der Waals surface area contributed by atoms with E-state index in [0.29, 0.717) is 33.9 Å². The van der Waals surface area contributed by atoms with E-state index in [-0.39, 0.29) is 11.4 Å². The summed E-state index contributed by atoms with van der Waals surface area (Å²) in [5.74, 6) is -0.226. The first-order valence-corrected chi connectivity index (χ1v) is 10.7. The molecule has 0 fully saturated rings. The number of hydrogen-bond acceptors (Lipinski definition) is 7. The second-order valence-corrected chi connectivity index (χ2v) is 7.43. The molecule has 2 amide bonds. The van der Waals surface area contributed by atoms with Crippen LogP contribution >= 0.6 is 0 Å². The Morgan fingerprint density at radius 2 is 1.67 bits per heavy atom. The molecule has 0 aromatic heterocycles. The number of rotatable bonds is 9. The van der Waals surface area contributed by atoms with Gasteiger partial charge in [-0.2, -0.15) is 5.10 Å². The molecule has 0 heterocycles. The second-order valence-electron chi connectivity index (χ2n) is 7.43. The molecule has 0 spiro atoms. The van der Waals surface area contributed by atoms with E-state index in [9.17, 15) is 19.7 Å². The third-order valence-electron chi connectivity index (χ3n) is 5.07. The summed E-state index contributed by atoms with van der Waals surface area (Å²) in [4.78, 5) is 36.4. The lowest BCUT2D eigenvalue weighted by Gasteiger charge is -2.12. The number of ether oxygens (including phenoxy) is 2. The predicted molar refractivity (Wildman–Crippen MR) is 135 cm³/mol. The average molecular weight is 489 g/mol. The largest absolute Gasteiger partial charge is 0.497 e. The minimum atomic E-state index is -0.707. The van der Waals surface area contributed by atoms with Crippen molar-refractivity contribution in [3.8, 4) is 11.5 Å². The molecule has 3 aromatic carbocycles. The summed E-state index contributed by atoms with van der Waals surface area (Å²) < 4.78 is 10.6. The quantitative estimate of drug-likeness (QED) is 0.203. The molecule has 10 heteroatoms. The van der Waals surface area contributed by atoms with Crippen LogP contribution < -0.4 is 20.2 Å². The highest BCUT2D eigenvalue weighted by Gasteiger charge is 2.16. The lowest BCUT2D eigenvalue weighted by molar-refractivity contribution is -0.384. The maximum atomic E-state index is 13.1. The summed E-state index contributed by atoms with van der Waals surface area (Å²) in [6.07, 6.45) is 1.45. The van der Waals surface area contributed by atoms with Crippen LogP contribution in [0.2, 0.25) is 0 Å². The molecular weight excluding hydrogens is 464 g/mol. The highest BCUT2D eigenvalue weighted by molar-refractivity contribution is 6.06. The van der Waals surface area contributed by atoms with Gasteiger partial charge in [-0.1, -0.05) is 30.3 Å². The Balaban J connectivity index is 1.92. The number of methoxy groups -OCH3 is 2. The summed E-state index contributed by atoms with van der Waals surface area (Å²) in [5.41, 5.74) is 3.86. The van der Waals surface area contributed by atoms with Gasteiger partial charge in [0.05, 0.1) is 24.9 Å². The fourth-order valence-corrected chi connectivity index (χ4v) is 3.14. The molecule has 0 radical (unpaired) electrons. The molecular formula is C26H24N4O6.